The molecule has 1 aliphatic heterocycles. The molecular formula is C16H19N3O3S. The van der Waals surface area contributed by atoms with Gasteiger partial charge in [-0.25, -0.2) is 9.78 Å². The number of carbonyl (C=O) groups is 2. The van der Waals surface area contributed by atoms with Gasteiger partial charge in [0.15, 0.2) is 5.13 Å². The number of ether oxygens (including phenoxy) is 1. The highest BCUT2D eigenvalue weighted by Gasteiger charge is 2.32. The quantitative estimate of drug-likeness (QED) is 0.658. The molecule has 7 heteroatoms. The Morgan fingerprint density at radius 2 is 2.13 bits per heavy atom. The molecule has 1 saturated heterocycles. The average molecular weight is 333 g/mol. The van der Waals surface area contributed by atoms with Crippen LogP contribution in [0.15, 0.2) is 36.5 Å². The molecule has 0 bridgehead atoms. The molecule has 1 amide bonds. The predicted octanol–water partition coefficient (Wildman–Crippen LogP) is 1.91. The number of amides is 1. The van der Waals surface area contributed by atoms with E-state index >= 15 is 0 Å². The zero-order chi connectivity index (χ0) is 16.7. The lowest BCUT2D eigenvalue weighted by atomic mass is 10.1. The summed E-state index contributed by atoms with van der Waals surface area (Å²) in [5.41, 5.74) is 6.30. The van der Waals surface area contributed by atoms with Crippen LogP contribution in [0.25, 0.3) is 0 Å². The second kappa shape index (κ2) is 8.28. The Hall–Kier alpha value is -2.41. The largest absolute Gasteiger partial charge is 0.459 e. The number of anilines is 1. The van der Waals surface area contributed by atoms with E-state index in [4.69, 9.17) is 10.5 Å². The zero-order valence-corrected chi connectivity index (χ0v) is 13.6. The van der Waals surface area contributed by atoms with Gasteiger partial charge in [0.05, 0.1) is 6.42 Å². The average Bonchev–Trinajstić information content (AvgIpc) is 2.97. The van der Waals surface area contributed by atoms with Crippen molar-refractivity contribution in [2.24, 2.45) is 0 Å². The molecule has 1 aromatic heterocycles. The Bertz CT molecular complexity index is 650. The van der Waals surface area contributed by atoms with Crippen molar-refractivity contribution in [2.75, 3.05) is 5.73 Å². The second-order valence-corrected chi connectivity index (χ2v) is 6.08. The number of hydrogen-bond donors (Lipinski definition) is 2. The van der Waals surface area contributed by atoms with Crippen LogP contribution in [0, 0.1) is 0 Å². The van der Waals surface area contributed by atoms with Gasteiger partial charge in [-0.3, -0.25) is 4.79 Å². The van der Waals surface area contributed by atoms with E-state index in [1.165, 1.54) is 4.88 Å². The van der Waals surface area contributed by atoms with Crippen LogP contribution in [0.3, 0.4) is 0 Å². The molecule has 0 unspecified atom stereocenters. The number of rotatable bonds is 4. The topological polar surface area (TPSA) is 94.3 Å². The monoisotopic (exact) mass is 333 g/mol. The number of esters is 1. The van der Waals surface area contributed by atoms with Crippen LogP contribution in [0.1, 0.15) is 23.8 Å². The summed E-state index contributed by atoms with van der Waals surface area (Å²) in [4.78, 5) is 27.0. The molecule has 6 nitrogen and oxygen atoms in total. The number of nitrogens with two attached hydrogens (primary N) is 1. The maximum Gasteiger partial charge on any atom is 0.329 e. The van der Waals surface area contributed by atoms with Crippen LogP contribution in [-0.2, 0) is 27.4 Å². The molecule has 2 heterocycles. The first-order chi connectivity index (χ1) is 11.1. The number of nitrogens with zero attached hydrogens (tertiary/aromatic N) is 1. The number of aryl methyl sites for hydroxylation is 1. The summed E-state index contributed by atoms with van der Waals surface area (Å²) in [6.45, 7) is 2.35. The zero-order valence-electron chi connectivity index (χ0n) is 12.8. The fourth-order valence-electron chi connectivity index (χ4n) is 1.82. The number of nitrogen functional groups attached to an aromatic ring is 1. The van der Waals surface area contributed by atoms with Crippen LogP contribution in [0.2, 0.25) is 0 Å². The number of β-lactam (4-membered cyclic amide) rings is 1. The molecule has 1 aliphatic rings. The Morgan fingerprint density at radius 1 is 1.43 bits per heavy atom. The van der Waals surface area contributed by atoms with E-state index in [1.807, 2.05) is 36.5 Å². The Kier molecular flexibility index (Phi) is 6.10. The molecule has 3 rings (SSSR count). The first kappa shape index (κ1) is 17.0. The van der Waals surface area contributed by atoms with Gasteiger partial charge in [-0.1, -0.05) is 37.3 Å². The maximum atomic E-state index is 11.3. The van der Waals surface area contributed by atoms with Crippen molar-refractivity contribution >= 4 is 28.3 Å². The summed E-state index contributed by atoms with van der Waals surface area (Å²) in [7, 11) is 0. The van der Waals surface area contributed by atoms with E-state index in [-0.39, 0.29) is 24.9 Å². The summed E-state index contributed by atoms with van der Waals surface area (Å²) in [6.07, 6.45) is 3.10. The number of carbonyl (C=O) groups excluding carboxylic acids is 2. The number of benzene rings is 1. The Morgan fingerprint density at radius 3 is 2.61 bits per heavy atom. The van der Waals surface area contributed by atoms with Crippen molar-refractivity contribution in [3.05, 3.63) is 47.0 Å². The van der Waals surface area contributed by atoms with Crippen LogP contribution in [-0.4, -0.2) is 22.9 Å². The van der Waals surface area contributed by atoms with Gasteiger partial charge in [0.1, 0.15) is 12.6 Å². The Balaban J connectivity index is 0.000000203. The maximum absolute atomic E-state index is 11.3. The Labute approximate surface area is 138 Å². The van der Waals surface area contributed by atoms with Gasteiger partial charge in [0, 0.05) is 11.1 Å². The summed E-state index contributed by atoms with van der Waals surface area (Å²) in [5, 5.41) is 3.13. The van der Waals surface area contributed by atoms with Crippen LogP contribution < -0.4 is 11.1 Å². The predicted molar refractivity (Wildman–Crippen MR) is 88.7 cm³/mol. The van der Waals surface area contributed by atoms with Gasteiger partial charge in [-0.05, 0) is 12.0 Å². The van der Waals surface area contributed by atoms with Gasteiger partial charge in [-0.15, -0.1) is 11.3 Å². The highest BCUT2D eigenvalue weighted by Crippen LogP contribution is 2.13. The van der Waals surface area contributed by atoms with Gasteiger partial charge in [0.25, 0.3) is 0 Å². The first-order valence-electron chi connectivity index (χ1n) is 7.28. The van der Waals surface area contributed by atoms with Crippen molar-refractivity contribution in [3.63, 3.8) is 0 Å². The summed E-state index contributed by atoms with van der Waals surface area (Å²) in [5.74, 6) is -0.463. The van der Waals surface area contributed by atoms with Crippen LogP contribution in [0.4, 0.5) is 5.13 Å². The number of aromatic nitrogens is 1. The third-order valence-corrected chi connectivity index (χ3v) is 4.12. The molecule has 122 valence electrons. The molecule has 23 heavy (non-hydrogen) atoms. The molecular weight excluding hydrogens is 314 g/mol. The van der Waals surface area contributed by atoms with Crippen molar-refractivity contribution in [2.45, 2.75) is 32.4 Å². The lowest BCUT2D eigenvalue weighted by Gasteiger charge is -2.24. The van der Waals surface area contributed by atoms with Gasteiger partial charge < -0.3 is 15.8 Å². The van der Waals surface area contributed by atoms with Crippen molar-refractivity contribution in [1.29, 1.82) is 0 Å². The SMILES string of the molecule is CCc1cnc(N)s1.O=C1C[C@@H](C(=O)OCc2ccccc2)N1. The first-order valence-corrected chi connectivity index (χ1v) is 8.10. The van der Waals surface area contributed by atoms with Crippen LogP contribution in [0.5, 0.6) is 0 Å². The van der Waals surface area contributed by atoms with E-state index < -0.39 is 6.04 Å². The molecule has 1 aromatic carbocycles. The summed E-state index contributed by atoms with van der Waals surface area (Å²) >= 11 is 1.55. The van der Waals surface area contributed by atoms with Gasteiger partial charge >= 0.3 is 5.97 Å². The molecule has 1 fully saturated rings. The molecule has 0 saturated carbocycles. The third kappa shape index (κ3) is 5.37. The van der Waals surface area contributed by atoms with Crippen molar-refractivity contribution in [3.8, 4) is 0 Å². The smallest absolute Gasteiger partial charge is 0.329 e. The standard InChI is InChI=1S/C11H11NO3.C5H8N2S/c13-10-6-9(12-10)11(14)15-7-8-4-2-1-3-5-8;1-2-4-3-7-5(6)8-4/h1-5,9H,6-7H2,(H,12,13);3H,2H2,1H3,(H2,6,7)/t9-;/m0./s1. The van der Waals surface area contributed by atoms with E-state index in [1.54, 1.807) is 11.3 Å². The van der Waals surface area contributed by atoms with E-state index in [0.29, 0.717) is 5.13 Å². The van der Waals surface area contributed by atoms with E-state index in [2.05, 4.69) is 17.2 Å². The molecule has 0 spiro atoms. The van der Waals surface area contributed by atoms with Crippen LogP contribution >= 0.6 is 11.3 Å². The molecule has 2 aromatic rings. The minimum Gasteiger partial charge on any atom is -0.459 e. The van der Waals surface area contributed by atoms with Gasteiger partial charge in [0.2, 0.25) is 5.91 Å². The van der Waals surface area contributed by atoms with Crippen molar-refractivity contribution in [1.82, 2.24) is 10.3 Å². The summed E-state index contributed by atoms with van der Waals surface area (Å²) < 4.78 is 5.03. The molecule has 0 radical (unpaired) electrons. The van der Waals surface area contributed by atoms with E-state index in [0.717, 1.165) is 12.0 Å². The molecule has 3 N–H and O–H groups in total. The minimum atomic E-state index is -0.443. The fourth-order valence-corrected chi connectivity index (χ4v) is 2.44. The highest BCUT2D eigenvalue weighted by molar-refractivity contribution is 7.15. The second-order valence-electron chi connectivity index (χ2n) is 4.94. The lowest BCUT2D eigenvalue weighted by Crippen LogP contribution is -2.53. The highest BCUT2D eigenvalue weighted by atomic mass is 32.1. The van der Waals surface area contributed by atoms with Gasteiger partial charge in [-0.2, -0.15) is 0 Å². The number of hydrogen-bond acceptors (Lipinski definition) is 6. The van der Waals surface area contributed by atoms with Crippen molar-refractivity contribution < 1.29 is 14.3 Å². The number of nitrogens with one attached hydrogen (secondary N) is 1. The minimum absolute atomic E-state index is 0.100. The fraction of sp³-hybridized carbons (Fsp3) is 0.312. The molecule has 0 aliphatic carbocycles. The number of thiazole rings is 1. The normalized spacial score (nSPS) is 15.7. The van der Waals surface area contributed by atoms with E-state index in [9.17, 15) is 9.59 Å². The lowest BCUT2D eigenvalue weighted by molar-refractivity contribution is -0.154. The molecule has 1 atom stereocenters. The summed E-state index contributed by atoms with van der Waals surface area (Å²) in [6, 6.07) is 8.99. The third-order valence-electron chi connectivity index (χ3n) is 3.15.